The maximum atomic E-state index is 12.5. The highest BCUT2D eigenvalue weighted by Gasteiger charge is 2.34. The van der Waals surface area contributed by atoms with Crippen LogP contribution in [0.25, 0.3) is 18.2 Å². The van der Waals surface area contributed by atoms with Gasteiger partial charge in [0.25, 0.3) is 5.91 Å². The summed E-state index contributed by atoms with van der Waals surface area (Å²) in [6.45, 7) is 9.51. The minimum Gasteiger partial charge on any atom is -0.481 e. The van der Waals surface area contributed by atoms with Gasteiger partial charge in [-0.05, 0) is 98.3 Å². The van der Waals surface area contributed by atoms with Gasteiger partial charge >= 0.3 is 11.9 Å². The van der Waals surface area contributed by atoms with Crippen LogP contribution in [0.4, 0.5) is 0 Å². The van der Waals surface area contributed by atoms with E-state index in [-0.39, 0.29) is 49.3 Å². The summed E-state index contributed by atoms with van der Waals surface area (Å²) >= 11 is 4.38. The Labute approximate surface area is 261 Å². The minimum atomic E-state index is -0.922. The van der Waals surface area contributed by atoms with Gasteiger partial charge in [-0.15, -0.1) is 0 Å². The van der Waals surface area contributed by atoms with Gasteiger partial charge in [0.2, 0.25) is 5.91 Å². The van der Waals surface area contributed by atoms with E-state index >= 15 is 0 Å². The van der Waals surface area contributed by atoms with Crippen molar-refractivity contribution in [2.75, 3.05) is 5.75 Å². The predicted octanol–water partition coefficient (Wildman–Crippen LogP) is 3.35. The van der Waals surface area contributed by atoms with Gasteiger partial charge in [0.1, 0.15) is 0 Å². The van der Waals surface area contributed by atoms with Crippen LogP contribution in [0.2, 0.25) is 0 Å². The molecule has 0 saturated carbocycles. The average molecular weight is 621 g/mol. The molecule has 0 unspecified atom stereocenters. The van der Waals surface area contributed by atoms with Crippen molar-refractivity contribution in [3.8, 4) is 0 Å². The van der Waals surface area contributed by atoms with Gasteiger partial charge in [-0.25, -0.2) is 4.99 Å². The van der Waals surface area contributed by atoms with Crippen molar-refractivity contribution in [3.63, 3.8) is 0 Å². The van der Waals surface area contributed by atoms with E-state index in [1.165, 1.54) is 0 Å². The number of carbonyl (C=O) groups excluding carboxylic acids is 2. The molecule has 0 spiro atoms. The molecule has 0 bridgehead atoms. The molecule has 0 aliphatic carbocycles. The molecule has 2 amide bonds. The number of carbonyl (C=O) groups is 4. The van der Waals surface area contributed by atoms with Gasteiger partial charge in [-0.1, -0.05) is 13.8 Å². The monoisotopic (exact) mass is 620 g/mol. The number of thiol groups is 1. The lowest BCUT2D eigenvalue weighted by Crippen LogP contribution is -2.16. The van der Waals surface area contributed by atoms with Crippen molar-refractivity contribution in [1.29, 1.82) is 0 Å². The summed E-state index contributed by atoms with van der Waals surface area (Å²) in [6, 6.07) is 0. The van der Waals surface area contributed by atoms with Crippen molar-refractivity contribution in [1.82, 2.24) is 15.3 Å². The number of aliphatic imine (C=N–C) groups is 1. The number of aliphatic carboxylic acids is 2. The molecule has 0 radical (unpaired) electrons. The van der Waals surface area contributed by atoms with Crippen LogP contribution in [0.3, 0.4) is 0 Å². The maximum absolute atomic E-state index is 12.5. The summed E-state index contributed by atoms with van der Waals surface area (Å²) in [7, 11) is 0. The first-order valence-electron chi connectivity index (χ1n) is 14.9. The largest absolute Gasteiger partial charge is 0.481 e. The Morgan fingerprint density at radius 1 is 0.909 bits per heavy atom. The normalized spacial score (nSPS) is 20.3. The molecule has 2 aromatic rings. The number of allylic oxidation sites excluding steroid dienone is 2. The molecule has 234 valence electrons. The number of carboxylic acid groups (broad SMARTS) is 2. The summed E-state index contributed by atoms with van der Waals surface area (Å²) < 4.78 is 0. The second kappa shape index (κ2) is 13.7. The molecule has 0 aromatic carbocycles. The van der Waals surface area contributed by atoms with Gasteiger partial charge in [-0.2, -0.15) is 12.6 Å². The van der Waals surface area contributed by atoms with Gasteiger partial charge in [0.05, 0.1) is 5.71 Å². The zero-order chi connectivity index (χ0) is 32.3. The molecule has 11 heteroatoms. The molecule has 2 aromatic heterocycles. The van der Waals surface area contributed by atoms with E-state index in [2.05, 4.69) is 32.9 Å². The summed E-state index contributed by atoms with van der Waals surface area (Å²) in [4.78, 5) is 59.0. The quantitative estimate of drug-likeness (QED) is 0.199. The van der Waals surface area contributed by atoms with Crippen molar-refractivity contribution >= 4 is 60.3 Å². The number of amides is 2. The van der Waals surface area contributed by atoms with E-state index in [0.717, 1.165) is 51.0 Å². The highest BCUT2D eigenvalue weighted by Crippen LogP contribution is 2.32. The molecule has 2 aliphatic heterocycles. The molecule has 10 nitrogen and oxygen atoms in total. The average Bonchev–Trinajstić information content (AvgIpc) is 3.60. The van der Waals surface area contributed by atoms with Crippen LogP contribution in [0, 0.1) is 25.7 Å². The standard InChI is InChI=1S/C33H40N4O6S/c1-6-20-16(2)26(36-33(20)43)13-24-17(3)21(7-9-30(38)39)27(34-24)15-28-22(8-10-31(40)41)18(4)25(35-28)14-29-23(11-12-44)19(5)32(42)37-29/h13-15,19,23,34-35,44H,6-12H2,1-5H3,(H,37,42)(H,38,39)(H,40,41)/b24-13-,27-15-,29-14-/t19-,23-/m1/s1. The van der Waals surface area contributed by atoms with Crippen molar-refractivity contribution < 1.29 is 29.4 Å². The lowest BCUT2D eigenvalue weighted by molar-refractivity contribution is -0.138. The molecular weight excluding hydrogens is 580 g/mol. The van der Waals surface area contributed by atoms with E-state index in [0.29, 0.717) is 34.5 Å². The van der Waals surface area contributed by atoms with Crippen molar-refractivity contribution in [3.05, 3.63) is 61.2 Å². The van der Waals surface area contributed by atoms with Crippen LogP contribution in [0.15, 0.2) is 21.8 Å². The Morgan fingerprint density at radius 3 is 2.16 bits per heavy atom. The fraction of sp³-hybridized carbons (Fsp3) is 0.424. The van der Waals surface area contributed by atoms with Crippen LogP contribution in [-0.4, -0.2) is 55.4 Å². The Kier molecular flexibility index (Phi) is 10.2. The molecule has 4 rings (SSSR count). The highest BCUT2D eigenvalue weighted by atomic mass is 32.1. The van der Waals surface area contributed by atoms with Crippen molar-refractivity contribution in [2.24, 2.45) is 16.8 Å². The Bertz CT molecular complexity index is 1740. The Morgan fingerprint density at radius 2 is 1.57 bits per heavy atom. The van der Waals surface area contributed by atoms with E-state index in [1.54, 1.807) is 0 Å². The number of H-pyrrole nitrogens is 2. The van der Waals surface area contributed by atoms with Gasteiger partial charge in [-0.3, -0.25) is 19.2 Å². The number of rotatable bonds is 12. The summed E-state index contributed by atoms with van der Waals surface area (Å²) in [5, 5.41) is 23.3. The van der Waals surface area contributed by atoms with Crippen LogP contribution >= 0.6 is 12.6 Å². The summed E-state index contributed by atoms with van der Waals surface area (Å²) in [6.07, 6.45) is 7.35. The van der Waals surface area contributed by atoms with E-state index in [9.17, 15) is 29.4 Å². The molecular formula is C33H40N4O6S. The number of aromatic amines is 2. The number of aromatic nitrogens is 2. The zero-order valence-corrected chi connectivity index (χ0v) is 26.7. The second-order valence-electron chi connectivity index (χ2n) is 11.4. The second-order valence-corrected chi connectivity index (χ2v) is 11.9. The summed E-state index contributed by atoms with van der Waals surface area (Å²) in [5.41, 5.74) is 7.68. The Balaban J connectivity index is 1.89. The topological polar surface area (TPSA) is 165 Å². The van der Waals surface area contributed by atoms with Crippen LogP contribution < -0.4 is 16.0 Å². The smallest absolute Gasteiger partial charge is 0.303 e. The molecule has 2 aliphatic rings. The molecule has 1 fully saturated rings. The van der Waals surface area contributed by atoms with E-state index < -0.39 is 11.9 Å². The highest BCUT2D eigenvalue weighted by molar-refractivity contribution is 7.80. The first-order chi connectivity index (χ1) is 20.9. The predicted molar refractivity (Wildman–Crippen MR) is 173 cm³/mol. The zero-order valence-electron chi connectivity index (χ0n) is 25.8. The molecule has 1 saturated heterocycles. The number of nitrogens with zero attached hydrogens (tertiary/aromatic N) is 1. The third kappa shape index (κ3) is 6.83. The maximum Gasteiger partial charge on any atom is 0.303 e. The first kappa shape index (κ1) is 32.8. The SMILES string of the molecule is CCC1=C(C)C(/C=c2\[nH]/c(=C\c3[nH]c(/C=C4\NC(=O)[C@H](C)[C@H]4CCS)c(C)c3CCC(=O)O)c(CCC(=O)O)c2C)=NC1=O. The lowest BCUT2D eigenvalue weighted by Gasteiger charge is -2.12. The molecule has 44 heavy (non-hydrogen) atoms. The number of carboxylic acids is 2. The Hall–Kier alpha value is -4.12. The number of hydrogen-bond acceptors (Lipinski definition) is 5. The minimum absolute atomic E-state index is 0.000450. The molecule has 5 N–H and O–H groups in total. The third-order valence-corrected chi connectivity index (χ3v) is 9.00. The van der Waals surface area contributed by atoms with Crippen LogP contribution in [0.5, 0.6) is 0 Å². The van der Waals surface area contributed by atoms with Gasteiger partial charge in [0, 0.05) is 58.0 Å². The van der Waals surface area contributed by atoms with Crippen molar-refractivity contribution in [2.45, 2.75) is 73.1 Å². The van der Waals surface area contributed by atoms with E-state index in [1.807, 2.05) is 52.8 Å². The fourth-order valence-electron chi connectivity index (χ4n) is 6.06. The molecule has 2 atom stereocenters. The lowest BCUT2D eigenvalue weighted by atomic mass is 9.91. The number of hydrogen-bond donors (Lipinski definition) is 6. The summed E-state index contributed by atoms with van der Waals surface area (Å²) in [5.74, 6) is -1.67. The first-order valence-corrected chi connectivity index (χ1v) is 15.5. The number of nitrogens with one attached hydrogen (secondary N) is 3. The van der Waals surface area contributed by atoms with E-state index in [4.69, 9.17) is 0 Å². The van der Waals surface area contributed by atoms with Crippen LogP contribution in [0.1, 0.15) is 80.1 Å². The fourth-order valence-corrected chi connectivity index (χ4v) is 6.34. The molecule has 4 heterocycles. The van der Waals surface area contributed by atoms with Gasteiger partial charge in [0.15, 0.2) is 0 Å². The third-order valence-electron chi connectivity index (χ3n) is 8.74. The van der Waals surface area contributed by atoms with Gasteiger partial charge < -0.3 is 25.5 Å². The van der Waals surface area contributed by atoms with Crippen LogP contribution in [-0.2, 0) is 32.0 Å².